The highest BCUT2D eigenvalue weighted by Crippen LogP contribution is 2.26. The second-order valence-corrected chi connectivity index (χ2v) is 4.80. The quantitative estimate of drug-likeness (QED) is 0.890. The number of aliphatic hydroxyl groups excluding tert-OH is 1. The minimum absolute atomic E-state index is 0. The zero-order valence-corrected chi connectivity index (χ0v) is 11.4. The molecule has 2 atom stereocenters. The summed E-state index contributed by atoms with van der Waals surface area (Å²) in [6.07, 6.45) is -0.0718. The summed E-state index contributed by atoms with van der Waals surface area (Å²) >= 11 is 5.87. The Kier molecular flexibility index (Phi) is 7.02. The van der Waals surface area contributed by atoms with Gasteiger partial charge in [0, 0.05) is 5.02 Å². The molecule has 0 amide bonds. The van der Waals surface area contributed by atoms with Gasteiger partial charge in [0.15, 0.2) is 0 Å². The van der Waals surface area contributed by atoms with Crippen molar-refractivity contribution in [1.82, 2.24) is 0 Å². The lowest BCUT2D eigenvalue weighted by Gasteiger charge is -2.21. The van der Waals surface area contributed by atoms with Crippen molar-refractivity contribution < 1.29 is 9.50 Å². The fraction of sp³-hybridized carbons (Fsp3) is 0.500. The molecule has 0 radical (unpaired) electrons. The molecule has 0 saturated heterocycles. The summed E-state index contributed by atoms with van der Waals surface area (Å²) in [7, 11) is 0. The molecule has 0 spiro atoms. The number of nitrogens with two attached hydrogens (primary N) is 1. The third-order valence-corrected chi connectivity index (χ3v) is 2.78. The Morgan fingerprint density at radius 3 is 2.47 bits per heavy atom. The zero-order valence-electron chi connectivity index (χ0n) is 9.86. The smallest absolute Gasteiger partial charge is 0.124 e. The van der Waals surface area contributed by atoms with Gasteiger partial charge in [-0.1, -0.05) is 31.5 Å². The van der Waals surface area contributed by atoms with E-state index in [0.29, 0.717) is 17.9 Å². The van der Waals surface area contributed by atoms with Gasteiger partial charge in [-0.15, -0.1) is 12.4 Å². The van der Waals surface area contributed by atoms with Crippen molar-refractivity contribution in [2.75, 3.05) is 0 Å². The molecule has 0 aliphatic carbocycles. The lowest BCUT2D eigenvalue weighted by molar-refractivity contribution is 0.121. The summed E-state index contributed by atoms with van der Waals surface area (Å²) < 4.78 is 12.8. The first kappa shape index (κ1) is 16.6. The van der Waals surface area contributed by atoms with Crippen molar-refractivity contribution in [1.29, 1.82) is 0 Å². The summed E-state index contributed by atoms with van der Waals surface area (Å²) in [6.45, 7) is 4.00. The molecule has 0 aromatic heterocycles. The lowest BCUT2D eigenvalue weighted by Crippen LogP contribution is -2.27. The van der Waals surface area contributed by atoms with Gasteiger partial charge < -0.3 is 10.8 Å². The molecule has 3 N–H and O–H groups in total. The van der Waals surface area contributed by atoms with E-state index < -0.39 is 18.0 Å². The topological polar surface area (TPSA) is 46.2 Å². The second kappa shape index (κ2) is 7.17. The van der Waals surface area contributed by atoms with Crippen LogP contribution in [-0.2, 0) is 0 Å². The molecule has 5 heteroatoms. The van der Waals surface area contributed by atoms with Crippen LogP contribution in [0.4, 0.5) is 4.39 Å². The maximum atomic E-state index is 12.8. The molecule has 1 aromatic carbocycles. The van der Waals surface area contributed by atoms with Crippen LogP contribution in [0, 0.1) is 11.7 Å². The molecule has 0 heterocycles. The molecule has 0 bridgehead atoms. The normalized spacial score (nSPS) is 14.3. The van der Waals surface area contributed by atoms with Gasteiger partial charge in [-0.05, 0) is 30.0 Å². The van der Waals surface area contributed by atoms with Gasteiger partial charge in [0.25, 0.3) is 0 Å². The van der Waals surface area contributed by atoms with E-state index >= 15 is 0 Å². The van der Waals surface area contributed by atoms with Crippen molar-refractivity contribution in [3.8, 4) is 0 Å². The summed E-state index contributed by atoms with van der Waals surface area (Å²) in [5.74, 6) is -0.0560. The van der Waals surface area contributed by atoms with Crippen LogP contribution in [0.25, 0.3) is 0 Å². The highest BCUT2D eigenvalue weighted by molar-refractivity contribution is 6.31. The average molecular weight is 282 g/mol. The Morgan fingerprint density at radius 1 is 1.41 bits per heavy atom. The Morgan fingerprint density at radius 2 is 2.00 bits per heavy atom. The number of aliphatic hydroxyl groups is 1. The number of halogens is 3. The Labute approximate surface area is 112 Å². The zero-order chi connectivity index (χ0) is 12.3. The van der Waals surface area contributed by atoms with Crippen LogP contribution < -0.4 is 5.73 Å². The van der Waals surface area contributed by atoms with E-state index in [1.54, 1.807) is 0 Å². The summed E-state index contributed by atoms with van der Waals surface area (Å²) in [4.78, 5) is 0. The standard InChI is InChI=1S/C12H17ClFNO.ClH/c1-7(2)5-11(16)12(15)9-4-3-8(14)6-10(9)13;/h3-4,6-7,11-12,16H,5,15H2,1-2H3;1H/t11-,12+;/m0./s1. The third-order valence-electron chi connectivity index (χ3n) is 2.45. The molecule has 0 unspecified atom stereocenters. The van der Waals surface area contributed by atoms with Crippen LogP contribution in [0.3, 0.4) is 0 Å². The average Bonchev–Trinajstić information content (AvgIpc) is 2.15. The van der Waals surface area contributed by atoms with Crippen molar-refractivity contribution in [3.63, 3.8) is 0 Å². The molecule has 0 aliphatic heterocycles. The van der Waals surface area contributed by atoms with E-state index in [4.69, 9.17) is 17.3 Å². The second-order valence-electron chi connectivity index (χ2n) is 4.39. The van der Waals surface area contributed by atoms with E-state index in [1.807, 2.05) is 13.8 Å². The fourth-order valence-corrected chi connectivity index (χ4v) is 1.90. The van der Waals surface area contributed by atoms with Crippen LogP contribution in [0.15, 0.2) is 18.2 Å². The van der Waals surface area contributed by atoms with Crippen LogP contribution >= 0.6 is 24.0 Å². The minimum Gasteiger partial charge on any atom is -0.391 e. The van der Waals surface area contributed by atoms with Gasteiger partial charge in [-0.3, -0.25) is 0 Å². The summed E-state index contributed by atoms with van der Waals surface area (Å²) in [5, 5.41) is 10.1. The van der Waals surface area contributed by atoms with Crippen molar-refractivity contribution in [2.45, 2.75) is 32.4 Å². The molecule has 1 aromatic rings. The lowest BCUT2D eigenvalue weighted by atomic mass is 9.95. The van der Waals surface area contributed by atoms with Crippen molar-refractivity contribution >= 4 is 24.0 Å². The summed E-state index contributed by atoms with van der Waals surface area (Å²) in [6, 6.07) is 3.45. The monoisotopic (exact) mass is 281 g/mol. The van der Waals surface area contributed by atoms with Crippen molar-refractivity contribution in [3.05, 3.63) is 34.6 Å². The maximum Gasteiger partial charge on any atom is 0.124 e. The number of hydrogen-bond donors (Lipinski definition) is 2. The molecule has 0 fully saturated rings. The van der Waals surface area contributed by atoms with Gasteiger partial charge in [-0.2, -0.15) is 0 Å². The van der Waals surface area contributed by atoms with Gasteiger partial charge in [0.1, 0.15) is 5.82 Å². The van der Waals surface area contributed by atoms with Crippen molar-refractivity contribution in [2.24, 2.45) is 11.7 Å². The number of hydrogen-bond acceptors (Lipinski definition) is 2. The SMILES string of the molecule is CC(C)C[C@H](O)[C@H](N)c1ccc(F)cc1Cl.Cl. The van der Waals surface area contributed by atoms with Gasteiger partial charge in [0.2, 0.25) is 0 Å². The van der Waals surface area contributed by atoms with E-state index in [-0.39, 0.29) is 17.4 Å². The maximum absolute atomic E-state index is 12.8. The molecular formula is C12H18Cl2FNO. The van der Waals surface area contributed by atoms with Gasteiger partial charge in [-0.25, -0.2) is 4.39 Å². The Hall–Kier alpha value is -0.350. The highest BCUT2D eigenvalue weighted by atomic mass is 35.5. The molecule has 17 heavy (non-hydrogen) atoms. The van der Waals surface area contributed by atoms with E-state index in [9.17, 15) is 9.50 Å². The fourth-order valence-electron chi connectivity index (χ4n) is 1.61. The van der Waals surface area contributed by atoms with Crippen LogP contribution in [0.1, 0.15) is 31.9 Å². The predicted molar refractivity (Wildman–Crippen MR) is 71.0 cm³/mol. The number of benzene rings is 1. The molecule has 1 rings (SSSR count). The Bertz CT molecular complexity index is 360. The highest BCUT2D eigenvalue weighted by Gasteiger charge is 2.20. The first-order chi connectivity index (χ1) is 7.41. The first-order valence-corrected chi connectivity index (χ1v) is 5.68. The van der Waals surface area contributed by atoms with E-state index in [2.05, 4.69) is 0 Å². The summed E-state index contributed by atoms with van der Waals surface area (Å²) in [5.41, 5.74) is 6.46. The van der Waals surface area contributed by atoms with E-state index in [0.717, 1.165) is 0 Å². The predicted octanol–water partition coefficient (Wildman–Crippen LogP) is 3.31. The molecule has 2 nitrogen and oxygen atoms in total. The van der Waals surface area contributed by atoms with Crippen LogP contribution in [0.2, 0.25) is 5.02 Å². The van der Waals surface area contributed by atoms with Crippen LogP contribution in [0.5, 0.6) is 0 Å². The van der Waals surface area contributed by atoms with E-state index in [1.165, 1.54) is 18.2 Å². The Balaban J connectivity index is 0.00000256. The largest absolute Gasteiger partial charge is 0.391 e. The number of rotatable bonds is 4. The minimum atomic E-state index is -0.664. The first-order valence-electron chi connectivity index (χ1n) is 5.30. The van der Waals surface area contributed by atoms with Gasteiger partial charge in [0.05, 0.1) is 12.1 Å². The molecule has 0 saturated carbocycles. The third kappa shape index (κ3) is 4.80. The van der Waals surface area contributed by atoms with Gasteiger partial charge >= 0.3 is 0 Å². The molecular weight excluding hydrogens is 264 g/mol. The molecule has 0 aliphatic rings. The van der Waals surface area contributed by atoms with Crippen LogP contribution in [-0.4, -0.2) is 11.2 Å². The molecule has 98 valence electrons.